The molecular formula is C12H17ClN2. The maximum absolute atomic E-state index is 5.99. The maximum atomic E-state index is 5.99. The van der Waals surface area contributed by atoms with Gasteiger partial charge in [-0.05, 0) is 49.9 Å². The first-order chi connectivity index (χ1) is 7.27. The predicted molar refractivity (Wildman–Crippen MR) is 65.2 cm³/mol. The van der Waals surface area contributed by atoms with Gasteiger partial charge in [-0.3, -0.25) is 0 Å². The number of nitrogen functional groups attached to an aromatic ring is 1. The molecule has 3 heteroatoms. The van der Waals surface area contributed by atoms with Crippen molar-refractivity contribution in [2.24, 2.45) is 5.92 Å². The van der Waals surface area contributed by atoms with Crippen LogP contribution in [0, 0.1) is 5.92 Å². The second kappa shape index (κ2) is 4.86. The molecule has 1 aliphatic rings. The van der Waals surface area contributed by atoms with E-state index in [1.54, 1.807) is 0 Å². The van der Waals surface area contributed by atoms with Crippen LogP contribution in [0.1, 0.15) is 18.4 Å². The largest absolute Gasteiger partial charge is 0.397 e. The summed E-state index contributed by atoms with van der Waals surface area (Å²) in [6.07, 6.45) is 3.60. The van der Waals surface area contributed by atoms with Gasteiger partial charge in [0.15, 0.2) is 0 Å². The Hall–Kier alpha value is -0.730. The van der Waals surface area contributed by atoms with Crippen LogP contribution in [0.4, 0.5) is 5.69 Å². The van der Waals surface area contributed by atoms with Crippen LogP contribution in [0.15, 0.2) is 18.2 Å². The second-order valence-electron chi connectivity index (χ2n) is 4.23. The molecule has 3 N–H and O–H groups in total. The molecule has 1 saturated heterocycles. The fraction of sp³-hybridized carbons (Fsp3) is 0.500. The summed E-state index contributed by atoms with van der Waals surface area (Å²) in [4.78, 5) is 0. The average Bonchev–Trinajstić information content (AvgIpc) is 2.26. The van der Waals surface area contributed by atoms with Crippen LogP contribution in [0.3, 0.4) is 0 Å². The van der Waals surface area contributed by atoms with E-state index in [1.807, 2.05) is 12.1 Å². The first-order valence-electron chi connectivity index (χ1n) is 5.51. The van der Waals surface area contributed by atoms with E-state index in [2.05, 4.69) is 11.4 Å². The summed E-state index contributed by atoms with van der Waals surface area (Å²) < 4.78 is 0. The van der Waals surface area contributed by atoms with Crippen molar-refractivity contribution in [3.63, 3.8) is 0 Å². The Bertz CT molecular complexity index is 332. The van der Waals surface area contributed by atoms with Crippen LogP contribution in [-0.2, 0) is 6.42 Å². The summed E-state index contributed by atoms with van der Waals surface area (Å²) in [6, 6.07) is 5.90. The molecule has 0 aromatic heterocycles. The molecule has 15 heavy (non-hydrogen) atoms. The standard InChI is InChI=1S/C12H17ClN2/c13-11-5-1-4-10(12(11)14)7-9-3-2-6-15-8-9/h1,4-5,9,15H,2-3,6-8,14H2. The molecule has 1 aliphatic heterocycles. The van der Waals surface area contributed by atoms with E-state index in [-0.39, 0.29) is 0 Å². The summed E-state index contributed by atoms with van der Waals surface area (Å²) in [5, 5.41) is 4.09. The molecule has 82 valence electrons. The number of nitrogens with one attached hydrogen (secondary N) is 1. The van der Waals surface area contributed by atoms with Crippen molar-refractivity contribution < 1.29 is 0 Å². The Kier molecular flexibility index (Phi) is 3.49. The lowest BCUT2D eigenvalue weighted by Crippen LogP contribution is -2.31. The van der Waals surface area contributed by atoms with Gasteiger partial charge in [0.2, 0.25) is 0 Å². The number of hydrogen-bond acceptors (Lipinski definition) is 2. The van der Waals surface area contributed by atoms with Crippen LogP contribution in [-0.4, -0.2) is 13.1 Å². The van der Waals surface area contributed by atoms with E-state index < -0.39 is 0 Å². The number of anilines is 1. The number of para-hydroxylation sites is 1. The topological polar surface area (TPSA) is 38.0 Å². The van der Waals surface area contributed by atoms with Crippen LogP contribution >= 0.6 is 11.6 Å². The molecule has 1 aromatic carbocycles. The van der Waals surface area contributed by atoms with Crippen LogP contribution in [0.5, 0.6) is 0 Å². The van der Waals surface area contributed by atoms with Gasteiger partial charge in [0.1, 0.15) is 0 Å². The van der Waals surface area contributed by atoms with Crippen LogP contribution in [0.2, 0.25) is 5.02 Å². The zero-order valence-electron chi connectivity index (χ0n) is 8.80. The second-order valence-corrected chi connectivity index (χ2v) is 4.64. The molecule has 0 bridgehead atoms. The van der Waals surface area contributed by atoms with E-state index in [0.29, 0.717) is 10.9 Å². The lowest BCUT2D eigenvalue weighted by Gasteiger charge is -2.23. The zero-order valence-corrected chi connectivity index (χ0v) is 9.56. The fourth-order valence-corrected chi connectivity index (χ4v) is 2.36. The quantitative estimate of drug-likeness (QED) is 0.758. The highest BCUT2D eigenvalue weighted by Crippen LogP contribution is 2.26. The SMILES string of the molecule is Nc1c(Cl)cccc1CC1CCCNC1. The molecular weight excluding hydrogens is 208 g/mol. The van der Waals surface area contributed by atoms with Gasteiger partial charge in [-0.2, -0.15) is 0 Å². The third-order valence-corrected chi connectivity index (χ3v) is 3.38. The normalized spacial score (nSPS) is 21.5. The van der Waals surface area contributed by atoms with Crippen LogP contribution < -0.4 is 11.1 Å². The Morgan fingerprint density at radius 1 is 1.47 bits per heavy atom. The number of rotatable bonds is 2. The van der Waals surface area contributed by atoms with E-state index in [4.69, 9.17) is 17.3 Å². The van der Waals surface area contributed by atoms with E-state index in [0.717, 1.165) is 25.2 Å². The van der Waals surface area contributed by atoms with Crippen molar-refractivity contribution in [1.82, 2.24) is 5.32 Å². The van der Waals surface area contributed by atoms with Crippen molar-refractivity contribution in [3.05, 3.63) is 28.8 Å². The first-order valence-corrected chi connectivity index (χ1v) is 5.89. The molecule has 1 atom stereocenters. The van der Waals surface area contributed by atoms with Gasteiger partial charge in [-0.1, -0.05) is 23.7 Å². The molecule has 0 spiro atoms. The van der Waals surface area contributed by atoms with Crippen LogP contribution in [0.25, 0.3) is 0 Å². The monoisotopic (exact) mass is 224 g/mol. The highest BCUT2D eigenvalue weighted by molar-refractivity contribution is 6.33. The predicted octanol–water partition coefficient (Wildman–Crippen LogP) is 2.46. The van der Waals surface area contributed by atoms with Gasteiger partial charge in [0.05, 0.1) is 10.7 Å². The summed E-state index contributed by atoms with van der Waals surface area (Å²) in [5.74, 6) is 0.708. The van der Waals surface area contributed by atoms with E-state index >= 15 is 0 Å². The zero-order chi connectivity index (χ0) is 10.7. The highest BCUT2D eigenvalue weighted by atomic mass is 35.5. The van der Waals surface area contributed by atoms with Gasteiger partial charge in [0.25, 0.3) is 0 Å². The van der Waals surface area contributed by atoms with Gasteiger partial charge in [0, 0.05) is 0 Å². The first kappa shape index (κ1) is 10.8. The lowest BCUT2D eigenvalue weighted by molar-refractivity contribution is 0.376. The smallest absolute Gasteiger partial charge is 0.0638 e. The number of halogens is 1. The summed E-state index contributed by atoms with van der Waals surface area (Å²) in [7, 11) is 0. The Balaban J connectivity index is 2.06. The number of nitrogens with two attached hydrogens (primary N) is 1. The third-order valence-electron chi connectivity index (χ3n) is 3.05. The third kappa shape index (κ3) is 2.64. The minimum absolute atomic E-state index is 0.677. The fourth-order valence-electron chi connectivity index (χ4n) is 2.17. The average molecular weight is 225 g/mol. The van der Waals surface area contributed by atoms with E-state index in [1.165, 1.54) is 18.4 Å². The minimum Gasteiger partial charge on any atom is -0.397 e. The van der Waals surface area contributed by atoms with Crippen molar-refractivity contribution >= 4 is 17.3 Å². The molecule has 0 radical (unpaired) electrons. The van der Waals surface area contributed by atoms with Gasteiger partial charge >= 0.3 is 0 Å². The molecule has 1 fully saturated rings. The highest BCUT2D eigenvalue weighted by Gasteiger charge is 2.15. The summed E-state index contributed by atoms with van der Waals surface area (Å²) >= 11 is 5.99. The summed E-state index contributed by atoms with van der Waals surface area (Å²) in [6.45, 7) is 2.26. The molecule has 1 aromatic rings. The molecule has 2 rings (SSSR count). The van der Waals surface area contributed by atoms with Gasteiger partial charge in [-0.15, -0.1) is 0 Å². The van der Waals surface area contributed by atoms with Crippen molar-refractivity contribution in [2.45, 2.75) is 19.3 Å². The van der Waals surface area contributed by atoms with Crippen molar-refractivity contribution in [2.75, 3.05) is 18.8 Å². The number of benzene rings is 1. The molecule has 0 aliphatic carbocycles. The maximum Gasteiger partial charge on any atom is 0.0638 e. The van der Waals surface area contributed by atoms with E-state index in [9.17, 15) is 0 Å². The molecule has 1 heterocycles. The molecule has 0 saturated carbocycles. The lowest BCUT2D eigenvalue weighted by atomic mass is 9.92. The Morgan fingerprint density at radius 3 is 3.07 bits per heavy atom. The Labute approximate surface area is 95.8 Å². The molecule has 0 amide bonds. The number of piperidine rings is 1. The molecule has 1 unspecified atom stereocenters. The van der Waals surface area contributed by atoms with Crippen molar-refractivity contribution in [3.8, 4) is 0 Å². The summed E-state index contributed by atoms with van der Waals surface area (Å²) in [5.41, 5.74) is 7.89. The molecule has 2 nitrogen and oxygen atoms in total. The van der Waals surface area contributed by atoms with Gasteiger partial charge in [-0.25, -0.2) is 0 Å². The van der Waals surface area contributed by atoms with Crippen molar-refractivity contribution in [1.29, 1.82) is 0 Å². The Morgan fingerprint density at radius 2 is 2.33 bits per heavy atom. The number of hydrogen-bond donors (Lipinski definition) is 2. The van der Waals surface area contributed by atoms with Gasteiger partial charge < -0.3 is 11.1 Å². The minimum atomic E-state index is 0.677.